The lowest BCUT2D eigenvalue weighted by Gasteiger charge is -2.18. The Morgan fingerprint density at radius 2 is 1.40 bits per heavy atom. The molecule has 0 aliphatic heterocycles. The van der Waals surface area contributed by atoms with Gasteiger partial charge in [-0.25, -0.2) is 0 Å². The van der Waals surface area contributed by atoms with Crippen LogP contribution in [0.5, 0.6) is 0 Å². The highest BCUT2D eigenvalue weighted by atomic mass is 14.2. The Hall–Kier alpha value is -2.86. The van der Waals surface area contributed by atoms with E-state index in [0.29, 0.717) is 0 Å². The summed E-state index contributed by atoms with van der Waals surface area (Å²) in [5.74, 6) is 0. The maximum Gasteiger partial charge on any atom is -0.0146 e. The molecule has 0 amide bonds. The van der Waals surface area contributed by atoms with Gasteiger partial charge in [-0.1, -0.05) is 109 Å². The Balaban J connectivity index is 0.000000310. The molecule has 0 nitrogen and oxygen atoms in total. The van der Waals surface area contributed by atoms with Gasteiger partial charge < -0.3 is 0 Å². The Morgan fingerprint density at radius 3 is 2.00 bits per heavy atom. The van der Waals surface area contributed by atoms with Crippen LogP contribution < -0.4 is 0 Å². The van der Waals surface area contributed by atoms with Crippen LogP contribution in [0.15, 0.2) is 90.5 Å². The molecular formula is C30H34. The number of allylic oxidation sites excluding steroid dienone is 4. The van der Waals surface area contributed by atoms with Crippen molar-refractivity contribution >= 4 is 5.57 Å². The van der Waals surface area contributed by atoms with Crippen LogP contribution in [-0.2, 0) is 6.42 Å². The maximum absolute atomic E-state index is 2.39. The summed E-state index contributed by atoms with van der Waals surface area (Å²) >= 11 is 0. The standard InChI is InChI=1S/C23H26.C7H8/c1-4-7-20-14-15-21(19-12-10-17(2)11-13-19)16-23(20)22-9-6-5-8-18(22)3;1-7-5-3-2-4-6-7/h6,9-16H,4-5,7-8H2,1-3H3;2-6H,1H3. The molecule has 0 saturated heterocycles. The van der Waals surface area contributed by atoms with E-state index in [1.165, 1.54) is 63.8 Å². The molecule has 0 spiro atoms. The van der Waals surface area contributed by atoms with Crippen molar-refractivity contribution in [1.82, 2.24) is 0 Å². The second-order valence-corrected chi connectivity index (χ2v) is 8.28. The quantitative estimate of drug-likeness (QED) is 0.415. The van der Waals surface area contributed by atoms with E-state index in [-0.39, 0.29) is 0 Å². The second-order valence-electron chi connectivity index (χ2n) is 8.28. The third-order valence-electron chi connectivity index (χ3n) is 5.68. The summed E-state index contributed by atoms with van der Waals surface area (Å²) in [6.45, 7) is 8.77. The molecule has 0 N–H and O–H groups in total. The van der Waals surface area contributed by atoms with E-state index in [2.05, 4.69) is 94.4 Å². The van der Waals surface area contributed by atoms with Gasteiger partial charge in [0, 0.05) is 0 Å². The van der Waals surface area contributed by atoms with E-state index >= 15 is 0 Å². The molecule has 0 radical (unpaired) electrons. The molecule has 3 aromatic rings. The largest absolute Gasteiger partial charge is 0.0836 e. The van der Waals surface area contributed by atoms with E-state index in [1.807, 2.05) is 18.2 Å². The summed E-state index contributed by atoms with van der Waals surface area (Å²) in [6.07, 6.45) is 9.34. The van der Waals surface area contributed by atoms with Crippen LogP contribution in [0.1, 0.15) is 55.4 Å². The van der Waals surface area contributed by atoms with E-state index in [4.69, 9.17) is 0 Å². The topological polar surface area (TPSA) is 0 Å². The summed E-state index contributed by atoms with van der Waals surface area (Å²) in [5.41, 5.74) is 11.1. The summed E-state index contributed by atoms with van der Waals surface area (Å²) in [4.78, 5) is 0. The van der Waals surface area contributed by atoms with E-state index in [1.54, 1.807) is 0 Å². The lowest BCUT2D eigenvalue weighted by atomic mass is 9.87. The monoisotopic (exact) mass is 394 g/mol. The van der Waals surface area contributed by atoms with Gasteiger partial charge in [0.25, 0.3) is 0 Å². The molecule has 1 aliphatic carbocycles. The molecule has 0 bridgehead atoms. The fraction of sp³-hybridized carbons (Fsp3) is 0.267. The van der Waals surface area contributed by atoms with Gasteiger partial charge in [0.2, 0.25) is 0 Å². The van der Waals surface area contributed by atoms with Gasteiger partial charge in [0.1, 0.15) is 0 Å². The van der Waals surface area contributed by atoms with Gasteiger partial charge in [-0.2, -0.15) is 0 Å². The van der Waals surface area contributed by atoms with E-state index < -0.39 is 0 Å². The lowest BCUT2D eigenvalue weighted by Crippen LogP contribution is -1.98. The predicted molar refractivity (Wildman–Crippen MR) is 133 cm³/mol. The van der Waals surface area contributed by atoms with E-state index in [0.717, 1.165) is 6.42 Å². The lowest BCUT2D eigenvalue weighted by molar-refractivity contribution is 0.915. The molecule has 0 heterocycles. The van der Waals surface area contributed by atoms with Crippen LogP contribution in [0.2, 0.25) is 0 Å². The minimum Gasteiger partial charge on any atom is -0.0836 e. The first-order valence-corrected chi connectivity index (χ1v) is 11.2. The summed E-state index contributed by atoms with van der Waals surface area (Å²) in [5, 5.41) is 0. The van der Waals surface area contributed by atoms with Crippen molar-refractivity contribution in [3.8, 4) is 11.1 Å². The van der Waals surface area contributed by atoms with Crippen molar-refractivity contribution in [2.45, 2.75) is 53.4 Å². The molecular weight excluding hydrogens is 360 g/mol. The summed E-state index contributed by atoms with van der Waals surface area (Å²) < 4.78 is 0. The number of aryl methyl sites for hydroxylation is 3. The second kappa shape index (κ2) is 10.8. The Labute approximate surface area is 183 Å². The van der Waals surface area contributed by atoms with Crippen LogP contribution in [0.25, 0.3) is 16.7 Å². The van der Waals surface area contributed by atoms with Crippen molar-refractivity contribution in [2.24, 2.45) is 0 Å². The highest BCUT2D eigenvalue weighted by Crippen LogP contribution is 2.33. The van der Waals surface area contributed by atoms with Crippen molar-refractivity contribution < 1.29 is 0 Å². The van der Waals surface area contributed by atoms with Gasteiger partial charge in [-0.05, 0) is 73.9 Å². The maximum atomic E-state index is 2.39. The van der Waals surface area contributed by atoms with E-state index in [9.17, 15) is 0 Å². The molecule has 4 rings (SSSR count). The third kappa shape index (κ3) is 5.83. The average molecular weight is 395 g/mol. The first-order valence-electron chi connectivity index (χ1n) is 11.2. The number of rotatable bonds is 4. The van der Waals surface area contributed by atoms with Crippen molar-refractivity contribution in [3.05, 3.63) is 113 Å². The van der Waals surface area contributed by atoms with Crippen LogP contribution in [0.4, 0.5) is 0 Å². The number of hydrogen-bond donors (Lipinski definition) is 0. The van der Waals surface area contributed by atoms with Crippen LogP contribution in [0.3, 0.4) is 0 Å². The fourth-order valence-corrected chi connectivity index (χ4v) is 3.87. The SMILES string of the molecule is CCCc1ccc(-c2ccc(C)cc2)cc1C1=C(C)CCC=C1.Cc1ccccc1. The normalized spacial score (nSPS) is 13.1. The highest BCUT2D eigenvalue weighted by molar-refractivity contribution is 5.82. The molecule has 0 unspecified atom stereocenters. The Kier molecular flexibility index (Phi) is 7.85. The van der Waals surface area contributed by atoms with Gasteiger partial charge in [0.05, 0.1) is 0 Å². The van der Waals surface area contributed by atoms with Crippen LogP contribution in [-0.4, -0.2) is 0 Å². The molecule has 0 saturated carbocycles. The first-order chi connectivity index (χ1) is 14.6. The molecule has 0 aromatic heterocycles. The first kappa shape index (κ1) is 21.8. The zero-order valence-corrected chi connectivity index (χ0v) is 18.9. The van der Waals surface area contributed by atoms with Gasteiger partial charge in [-0.3, -0.25) is 0 Å². The molecule has 0 atom stereocenters. The zero-order valence-electron chi connectivity index (χ0n) is 18.9. The fourth-order valence-electron chi connectivity index (χ4n) is 3.87. The smallest absolute Gasteiger partial charge is 0.0146 e. The number of hydrogen-bond acceptors (Lipinski definition) is 0. The molecule has 0 heteroatoms. The zero-order chi connectivity index (χ0) is 21.3. The Bertz CT molecular complexity index is 1000. The third-order valence-corrected chi connectivity index (χ3v) is 5.68. The van der Waals surface area contributed by atoms with Gasteiger partial charge in [-0.15, -0.1) is 0 Å². The average Bonchev–Trinajstić information content (AvgIpc) is 2.76. The molecule has 154 valence electrons. The molecule has 0 fully saturated rings. The number of benzene rings is 3. The van der Waals surface area contributed by atoms with Crippen LogP contribution in [0, 0.1) is 13.8 Å². The minimum atomic E-state index is 1.15. The van der Waals surface area contributed by atoms with Gasteiger partial charge >= 0.3 is 0 Å². The minimum absolute atomic E-state index is 1.15. The summed E-state index contributed by atoms with van der Waals surface area (Å²) in [7, 11) is 0. The van der Waals surface area contributed by atoms with Crippen molar-refractivity contribution in [2.75, 3.05) is 0 Å². The summed E-state index contributed by atoms with van der Waals surface area (Å²) in [6, 6.07) is 26.1. The van der Waals surface area contributed by atoms with Gasteiger partial charge in [0.15, 0.2) is 0 Å². The molecule has 3 aromatic carbocycles. The molecule has 1 aliphatic rings. The molecule has 30 heavy (non-hydrogen) atoms. The predicted octanol–water partition coefficient (Wildman–Crippen LogP) is 8.73. The van der Waals surface area contributed by atoms with Crippen molar-refractivity contribution in [3.63, 3.8) is 0 Å². The highest BCUT2D eigenvalue weighted by Gasteiger charge is 2.12. The Morgan fingerprint density at radius 1 is 0.733 bits per heavy atom. The van der Waals surface area contributed by atoms with Crippen molar-refractivity contribution in [1.29, 1.82) is 0 Å². The van der Waals surface area contributed by atoms with Crippen LogP contribution >= 0.6 is 0 Å².